The number of hydrogen-bond donors (Lipinski definition) is 2. The highest BCUT2D eigenvalue weighted by Gasteiger charge is 2.31. The first-order chi connectivity index (χ1) is 20.4. The molecular formula is C29H27F3N6O4S. The first kappa shape index (κ1) is 28.8. The van der Waals surface area contributed by atoms with Gasteiger partial charge in [-0.3, -0.25) is 9.78 Å². The molecule has 0 radical (unpaired) electrons. The lowest BCUT2D eigenvalue weighted by atomic mass is 9.96. The van der Waals surface area contributed by atoms with Gasteiger partial charge in [-0.1, -0.05) is 0 Å². The number of alkyl halides is 3. The van der Waals surface area contributed by atoms with E-state index in [1.807, 2.05) is 0 Å². The zero-order valence-corrected chi connectivity index (χ0v) is 23.5. The van der Waals surface area contributed by atoms with Crippen molar-refractivity contribution in [3.05, 3.63) is 88.6 Å². The van der Waals surface area contributed by atoms with Crippen molar-refractivity contribution in [1.29, 1.82) is 0 Å². The van der Waals surface area contributed by atoms with E-state index in [0.29, 0.717) is 52.5 Å². The molecule has 1 aliphatic heterocycles. The molecule has 0 bridgehead atoms. The SMILES string of the molecule is NS(=O)(=O)c1ccc(Oc2cnc3ccc(=O)n(CCN4CCC(c5nc6ccc(C(F)(F)F)cc6[nH]5)CC4)c3c2)cc1. The fraction of sp³-hybridized carbons (Fsp3) is 0.276. The molecule has 43 heavy (non-hydrogen) atoms. The molecule has 6 rings (SSSR count). The summed E-state index contributed by atoms with van der Waals surface area (Å²) < 4.78 is 69.8. The van der Waals surface area contributed by atoms with Crippen LogP contribution in [-0.2, 0) is 22.7 Å². The molecule has 1 fully saturated rings. The lowest BCUT2D eigenvalue weighted by Gasteiger charge is -2.31. The van der Waals surface area contributed by atoms with Crippen molar-refractivity contribution in [3.8, 4) is 11.5 Å². The molecule has 0 aliphatic carbocycles. The summed E-state index contributed by atoms with van der Waals surface area (Å²) in [4.78, 5) is 27.1. The Morgan fingerprint density at radius 3 is 2.37 bits per heavy atom. The second-order valence-electron chi connectivity index (χ2n) is 10.5. The minimum Gasteiger partial charge on any atom is -0.456 e. The van der Waals surface area contributed by atoms with E-state index in [1.165, 1.54) is 42.6 Å². The van der Waals surface area contributed by atoms with Crippen LogP contribution in [0.4, 0.5) is 13.2 Å². The maximum Gasteiger partial charge on any atom is 0.416 e. The van der Waals surface area contributed by atoms with Gasteiger partial charge >= 0.3 is 6.18 Å². The average Bonchev–Trinajstić information content (AvgIpc) is 3.40. The standard InChI is InChI=1S/C29H27F3N6O4S/c30-29(31,32)19-1-6-23-25(15-19)36-28(35-23)18-9-11-37(12-10-18)13-14-38-26-16-21(17-34-24(26)7-8-27(38)39)42-20-2-4-22(5-3-20)43(33,40)41/h1-8,15-18H,9-14H2,(H,35,36)(H2,33,40,41). The van der Waals surface area contributed by atoms with Crippen molar-refractivity contribution in [3.63, 3.8) is 0 Å². The molecule has 224 valence electrons. The number of sulfonamides is 1. The second-order valence-corrected chi connectivity index (χ2v) is 12.0. The third-order valence-corrected chi connectivity index (χ3v) is 8.57. The van der Waals surface area contributed by atoms with Crippen LogP contribution in [0.1, 0.15) is 30.1 Å². The summed E-state index contributed by atoms with van der Waals surface area (Å²) in [6, 6.07) is 14.0. The van der Waals surface area contributed by atoms with Crippen molar-refractivity contribution in [1.82, 2.24) is 24.4 Å². The molecule has 0 unspecified atom stereocenters. The number of hydrogen-bond acceptors (Lipinski definition) is 7. The number of nitrogens with one attached hydrogen (secondary N) is 1. The molecule has 3 aromatic heterocycles. The van der Waals surface area contributed by atoms with E-state index in [-0.39, 0.29) is 16.4 Å². The smallest absolute Gasteiger partial charge is 0.416 e. The summed E-state index contributed by atoms with van der Waals surface area (Å²) in [5.74, 6) is 1.55. The summed E-state index contributed by atoms with van der Waals surface area (Å²) in [5, 5.41) is 5.15. The molecular weight excluding hydrogens is 585 g/mol. The molecule has 2 aromatic carbocycles. The number of halogens is 3. The number of aromatic nitrogens is 4. The first-order valence-corrected chi connectivity index (χ1v) is 15.1. The van der Waals surface area contributed by atoms with E-state index in [4.69, 9.17) is 9.88 Å². The van der Waals surface area contributed by atoms with Crippen molar-refractivity contribution in [2.24, 2.45) is 5.14 Å². The number of likely N-dealkylation sites (tertiary alicyclic amines) is 1. The Balaban J connectivity index is 1.12. The Morgan fingerprint density at radius 2 is 1.67 bits per heavy atom. The van der Waals surface area contributed by atoms with Gasteiger partial charge in [0.1, 0.15) is 17.3 Å². The zero-order chi connectivity index (χ0) is 30.4. The molecule has 0 amide bonds. The Morgan fingerprint density at radius 1 is 0.953 bits per heavy atom. The number of rotatable bonds is 7. The lowest BCUT2D eigenvalue weighted by molar-refractivity contribution is -0.137. The van der Waals surface area contributed by atoms with Gasteiger partial charge in [0.25, 0.3) is 5.56 Å². The molecule has 1 aliphatic rings. The number of nitrogens with zero attached hydrogens (tertiary/aromatic N) is 4. The minimum absolute atomic E-state index is 0.0357. The fourth-order valence-electron chi connectivity index (χ4n) is 5.34. The van der Waals surface area contributed by atoms with Gasteiger partial charge in [0.05, 0.1) is 38.7 Å². The molecule has 1 saturated heterocycles. The van der Waals surface area contributed by atoms with Crippen LogP contribution in [0.15, 0.2) is 76.6 Å². The van der Waals surface area contributed by atoms with E-state index in [2.05, 4.69) is 19.9 Å². The second kappa shape index (κ2) is 11.1. The lowest BCUT2D eigenvalue weighted by Crippen LogP contribution is -2.37. The minimum atomic E-state index is -4.41. The Bertz CT molecular complexity index is 1970. The maximum atomic E-state index is 13.1. The molecule has 0 atom stereocenters. The zero-order valence-electron chi connectivity index (χ0n) is 22.7. The summed E-state index contributed by atoms with van der Waals surface area (Å²) in [6.45, 7) is 2.52. The highest BCUT2D eigenvalue weighted by Crippen LogP contribution is 2.33. The third kappa shape index (κ3) is 6.26. The maximum absolute atomic E-state index is 13.1. The van der Waals surface area contributed by atoms with Crippen LogP contribution in [0.2, 0.25) is 0 Å². The van der Waals surface area contributed by atoms with Crippen LogP contribution < -0.4 is 15.4 Å². The van der Waals surface area contributed by atoms with E-state index < -0.39 is 21.8 Å². The van der Waals surface area contributed by atoms with Crippen molar-refractivity contribution >= 4 is 32.1 Å². The monoisotopic (exact) mass is 612 g/mol. The number of benzene rings is 2. The van der Waals surface area contributed by atoms with Gasteiger partial charge in [-0.2, -0.15) is 13.2 Å². The van der Waals surface area contributed by atoms with E-state index in [0.717, 1.165) is 38.1 Å². The summed E-state index contributed by atoms with van der Waals surface area (Å²) in [7, 11) is -3.83. The fourth-order valence-corrected chi connectivity index (χ4v) is 5.85. The average molecular weight is 613 g/mol. The summed E-state index contributed by atoms with van der Waals surface area (Å²) in [5.41, 5.74) is 1.22. The number of aromatic amines is 1. The van der Waals surface area contributed by atoms with Gasteiger partial charge in [-0.05, 0) is 74.5 Å². The van der Waals surface area contributed by atoms with Crippen molar-refractivity contribution in [2.75, 3.05) is 19.6 Å². The van der Waals surface area contributed by atoms with Crippen LogP contribution in [0.3, 0.4) is 0 Å². The van der Waals surface area contributed by atoms with Crippen LogP contribution in [0.25, 0.3) is 22.1 Å². The predicted molar refractivity (Wildman–Crippen MR) is 153 cm³/mol. The van der Waals surface area contributed by atoms with Crippen molar-refractivity contribution in [2.45, 2.75) is 36.4 Å². The predicted octanol–water partition coefficient (Wildman–Crippen LogP) is 4.61. The van der Waals surface area contributed by atoms with Crippen LogP contribution in [-0.4, -0.2) is 52.5 Å². The van der Waals surface area contributed by atoms with Gasteiger partial charge in [0.15, 0.2) is 0 Å². The molecule has 0 saturated carbocycles. The van der Waals surface area contributed by atoms with E-state index in [1.54, 1.807) is 16.7 Å². The highest BCUT2D eigenvalue weighted by atomic mass is 32.2. The quantitative estimate of drug-likeness (QED) is 0.274. The number of H-pyrrole nitrogens is 1. The van der Waals surface area contributed by atoms with Gasteiger partial charge in [0, 0.05) is 31.1 Å². The Kier molecular flexibility index (Phi) is 7.44. The topological polar surface area (TPSA) is 136 Å². The number of fused-ring (bicyclic) bond motifs is 2. The van der Waals surface area contributed by atoms with Gasteiger partial charge in [0.2, 0.25) is 10.0 Å². The number of imidazole rings is 1. The van der Waals surface area contributed by atoms with Gasteiger partial charge < -0.3 is 19.2 Å². The van der Waals surface area contributed by atoms with Gasteiger partial charge in [-0.15, -0.1) is 0 Å². The largest absolute Gasteiger partial charge is 0.456 e. The highest BCUT2D eigenvalue weighted by molar-refractivity contribution is 7.89. The Labute approximate surface area is 244 Å². The molecule has 0 spiro atoms. The van der Waals surface area contributed by atoms with E-state index >= 15 is 0 Å². The normalized spacial score (nSPS) is 15.3. The molecule has 5 aromatic rings. The molecule has 14 heteroatoms. The van der Waals surface area contributed by atoms with Crippen LogP contribution in [0, 0.1) is 0 Å². The number of ether oxygens (including phenoxy) is 1. The first-order valence-electron chi connectivity index (χ1n) is 13.5. The molecule has 10 nitrogen and oxygen atoms in total. The number of nitrogens with two attached hydrogens (primary N) is 1. The summed E-state index contributed by atoms with van der Waals surface area (Å²) in [6.07, 6.45) is -1.33. The van der Waals surface area contributed by atoms with Gasteiger partial charge in [-0.25, -0.2) is 18.5 Å². The van der Waals surface area contributed by atoms with E-state index in [9.17, 15) is 26.4 Å². The third-order valence-electron chi connectivity index (χ3n) is 7.64. The van der Waals surface area contributed by atoms with Crippen molar-refractivity contribution < 1.29 is 26.3 Å². The van der Waals surface area contributed by atoms with Crippen LogP contribution in [0.5, 0.6) is 11.5 Å². The molecule has 3 N–H and O–H groups in total. The molecule has 4 heterocycles. The number of pyridine rings is 2. The number of piperidine rings is 1. The van der Waals surface area contributed by atoms with Crippen LogP contribution >= 0.6 is 0 Å². The Hall–Kier alpha value is -4.27. The summed E-state index contributed by atoms with van der Waals surface area (Å²) >= 11 is 0. The number of primary sulfonamides is 1.